The predicted octanol–water partition coefficient (Wildman–Crippen LogP) is 13.6. The lowest BCUT2D eigenvalue weighted by Crippen LogP contribution is -2.01. The van der Waals surface area contributed by atoms with E-state index >= 15 is 0 Å². The Bertz CT molecular complexity index is 3260. The summed E-state index contributed by atoms with van der Waals surface area (Å²) in [5.74, 6) is 1.82. The highest BCUT2D eigenvalue weighted by atomic mass is 16.3. The van der Waals surface area contributed by atoms with Crippen LogP contribution in [0.5, 0.6) is 0 Å². The van der Waals surface area contributed by atoms with E-state index in [0.29, 0.717) is 17.5 Å². The molecule has 256 valence electrons. The van der Waals surface area contributed by atoms with Crippen molar-refractivity contribution < 1.29 is 4.42 Å². The minimum atomic E-state index is 0.590. The van der Waals surface area contributed by atoms with Crippen molar-refractivity contribution in [3.63, 3.8) is 0 Å². The van der Waals surface area contributed by atoms with E-state index in [9.17, 15) is 0 Å². The highest BCUT2D eigenvalue weighted by Gasteiger charge is 2.22. The second kappa shape index (κ2) is 12.6. The maximum Gasteiger partial charge on any atom is 0.164 e. The van der Waals surface area contributed by atoms with E-state index in [1.165, 1.54) is 27.1 Å². The van der Waals surface area contributed by atoms with Gasteiger partial charge in [0.25, 0.3) is 0 Å². The van der Waals surface area contributed by atoms with Gasteiger partial charge in [-0.25, -0.2) is 15.0 Å². The highest BCUT2D eigenvalue weighted by molar-refractivity contribution is 6.21. The summed E-state index contributed by atoms with van der Waals surface area (Å²) in [5, 5.41) is 9.00. The van der Waals surface area contributed by atoms with Gasteiger partial charge in [0.1, 0.15) is 11.2 Å². The number of rotatable bonds is 5. The molecule has 11 aromatic rings. The first kappa shape index (κ1) is 31.1. The molecule has 0 spiro atoms. The molecule has 2 aromatic heterocycles. The van der Waals surface area contributed by atoms with E-state index in [1.54, 1.807) is 0 Å². The Kier molecular flexibility index (Phi) is 7.14. The van der Waals surface area contributed by atoms with Crippen LogP contribution in [0.2, 0.25) is 0 Å². The van der Waals surface area contributed by atoms with Gasteiger partial charge in [-0.05, 0) is 79.3 Å². The van der Waals surface area contributed by atoms with Gasteiger partial charge in [-0.1, -0.05) is 158 Å². The average Bonchev–Trinajstić information content (AvgIpc) is 3.66. The molecule has 2 heterocycles. The monoisotopic (exact) mass is 701 g/mol. The number of nitrogens with zero attached hydrogens (tertiary/aromatic N) is 3. The number of fused-ring (bicyclic) bond motifs is 8. The molecule has 0 saturated heterocycles. The minimum Gasteiger partial charge on any atom is -0.455 e. The first-order valence-electron chi connectivity index (χ1n) is 18.5. The van der Waals surface area contributed by atoms with E-state index < -0.39 is 0 Å². The zero-order valence-electron chi connectivity index (χ0n) is 29.6. The van der Waals surface area contributed by atoms with Crippen LogP contribution in [0, 0.1) is 0 Å². The van der Waals surface area contributed by atoms with Crippen molar-refractivity contribution in [3.05, 3.63) is 188 Å². The summed E-state index contributed by atoms with van der Waals surface area (Å²) in [6, 6.07) is 65.6. The van der Waals surface area contributed by atoms with Gasteiger partial charge in [0.15, 0.2) is 17.5 Å². The summed E-state index contributed by atoms with van der Waals surface area (Å²) in [7, 11) is 0. The van der Waals surface area contributed by atoms with E-state index in [1.807, 2.05) is 36.4 Å². The van der Waals surface area contributed by atoms with Crippen LogP contribution < -0.4 is 0 Å². The number of hydrogen-bond acceptors (Lipinski definition) is 4. The summed E-state index contributed by atoms with van der Waals surface area (Å²) in [5.41, 5.74) is 8.79. The van der Waals surface area contributed by atoms with Crippen molar-refractivity contribution in [2.45, 2.75) is 0 Å². The molecule has 0 aliphatic rings. The first-order chi connectivity index (χ1) is 27.3. The lowest BCUT2D eigenvalue weighted by atomic mass is 9.93. The predicted molar refractivity (Wildman–Crippen MR) is 227 cm³/mol. The van der Waals surface area contributed by atoms with Gasteiger partial charge >= 0.3 is 0 Å². The van der Waals surface area contributed by atoms with Crippen molar-refractivity contribution in [3.8, 4) is 56.4 Å². The van der Waals surface area contributed by atoms with Crippen LogP contribution in [0.3, 0.4) is 0 Å². The third-order valence-corrected chi connectivity index (χ3v) is 10.7. The Morgan fingerprint density at radius 3 is 1.71 bits per heavy atom. The molecule has 0 atom stereocenters. The maximum absolute atomic E-state index is 6.75. The second-order valence-electron chi connectivity index (χ2n) is 13.9. The summed E-state index contributed by atoms with van der Waals surface area (Å²) in [6.07, 6.45) is 0. The minimum absolute atomic E-state index is 0.590. The molecule has 0 bridgehead atoms. The zero-order valence-corrected chi connectivity index (χ0v) is 29.6. The van der Waals surface area contributed by atoms with Crippen LogP contribution in [-0.2, 0) is 0 Å². The molecule has 0 radical (unpaired) electrons. The van der Waals surface area contributed by atoms with Crippen LogP contribution in [0.4, 0.5) is 0 Å². The van der Waals surface area contributed by atoms with Gasteiger partial charge in [-0.3, -0.25) is 0 Å². The first-order valence-corrected chi connectivity index (χ1v) is 18.5. The Hall–Kier alpha value is -7.43. The Labute approximate surface area is 317 Å². The SMILES string of the molecule is c1ccc(-c2cccc(-c3ccc(-c4nc(-c5ccccc5)nc(-c5cc6c7ccccc7ccc6c6ccccc56)n4)c4c3oc3ccccc34)c2)cc1. The van der Waals surface area contributed by atoms with Crippen molar-refractivity contribution >= 4 is 54.3 Å². The molecule has 55 heavy (non-hydrogen) atoms. The van der Waals surface area contributed by atoms with Gasteiger partial charge < -0.3 is 4.42 Å². The number of aromatic nitrogens is 3. The molecule has 0 amide bonds. The molecule has 4 nitrogen and oxygen atoms in total. The summed E-state index contributed by atoms with van der Waals surface area (Å²) in [4.78, 5) is 15.8. The number of benzene rings is 9. The maximum atomic E-state index is 6.75. The third kappa shape index (κ3) is 5.19. The van der Waals surface area contributed by atoms with Crippen molar-refractivity contribution in [1.82, 2.24) is 15.0 Å². The number of furan rings is 1. The average molecular weight is 702 g/mol. The van der Waals surface area contributed by atoms with Crippen LogP contribution in [0.1, 0.15) is 0 Å². The van der Waals surface area contributed by atoms with Crippen LogP contribution in [-0.4, -0.2) is 15.0 Å². The molecule has 0 fully saturated rings. The number of para-hydroxylation sites is 1. The summed E-state index contributed by atoms with van der Waals surface area (Å²) in [6.45, 7) is 0. The molecule has 0 saturated carbocycles. The smallest absolute Gasteiger partial charge is 0.164 e. The molecule has 0 aliphatic heterocycles. The topological polar surface area (TPSA) is 51.8 Å². The molecule has 9 aromatic carbocycles. The highest BCUT2D eigenvalue weighted by Crippen LogP contribution is 2.43. The van der Waals surface area contributed by atoms with Crippen LogP contribution >= 0.6 is 0 Å². The second-order valence-corrected chi connectivity index (χ2v) is 13.9. The molecule has 11 rings (SSSR count). The molecule has 0 aliphatic carbocycles. The molecule has 4 heteroatoms. The Morgan fingerprint density at radius 1 is 0.309 bits per heavy atom. The molecule has 0 N–H and O–H groups in total. The standard InChI is InChI=1S/C51H31N3O/c1-3-14-32(15-4-1)35-19-13-20-36(30-35)38-28-29-43(47-42-24-11-12-25-46(42)55-48(38)47)50-52-49(34-17-5-2-6-18-34)53-51(54-50)45-31-44-37-21-8-7-16-33(37)26-27-41(44)39-22-9-10-23-40(39)45/h1-31H. The fourth-order valence-electron chi connectivity index (χ4n) is 8.12. The lowest BCUT2D eigenvalue weighted by molar-refractivity contribution is 0.670. The van der Waals surface area contributed by atoms with E-state index in [0.717, 1.165) is 66.1 Å². The van der Waals surface area contributed by atoms with Gasteiger partial charge in [0.05, 0.1) is 0 Å². The van der Waals surface area contributed by atoms with Gasteiger partial charge in [0, 0.05) is 33.0 Å². The largest absolute Gasteiger partial charge is 0.455 e. The van der Waals surface area contributed by atoms with Gasteiger partial charge in [-0.15, -0.1) is 0 Å². The number of hydrogen-bond donors (Lipinski definition) is 0. The molecular formula is C51H31N3O. The lowest BCUT2D eigenvalue weighted by Gasteiger charge is -2.14. The third-order valence-electron chi connectivity index (χ3n) is 10.7. The van der Waals surface area contributed by atoms with Gasteiger partial charge in [0.2, 0.25) is 0 Å². The summed E-state index contributed by atoms with van der Waals surface area (Å²) < 4.78 is 6.75. The van der Waals surface area contributed by atoms with Crippen LogP contribution in [0.15, 0.2) is 192 Å². The fourth-order valence-corrected chi connectivity index (χ4v) is 8.12. The molecular weight excluding hydrogens is 671 g/mol. The van der Waals surface area contributed by atoms with E-state index in [4.69, 9.17) is 19.4 Å². The normalized spacial score (nSPS) is 11.6. The van der Waals surface area contributed by atoms with Crippen molar-refractivity contribution in [1.29, 1.82) is 0 Å². The Balaban J connectivity index is 1.19. The van der Waals surface area contributed by atoms with Crippen LogP contribution in [0.25, 0.3) is 111 Å². The quantitative estimate of drug-likeness (QED) is 0.168. The van der Waals surface area contributed by atoms with E-state index in [-0.39, 0.29) is 0 Å². The zero-order chi connectivity index (χ0) is 36.3. The Morgan fingerprint density at radius 2 is 0.891 bits per heavy atom. The van der Waals surface area contributed by atoms with Gasteiger partial charge in [-0.2, -0.15) is 0 Å². The molecule has 0 unspecified atom stereocenters. The van der Waals surface area contributed by atoms with E-state index in [2.05, 4.69) is 152 Å². The summed E-state index contributed by atoms with van der Waals surface area (Å²) >= 11 is 0. The van der Waals surface area contributed by atoms with Crippen molar-refractivity contribution in [2.24, 2.45) is 0 Å². The fraction of sp³-hybridized carbons (Fsp3) is 0. The van der Waals surface area contributed by atoms with Crippen molar-refractivity contribution in [2.75, 3.05) is 0 Å².